The second-order valence-electron chi connectivity index (χ2n) is 7.35. The molecule has 0 bridgehead atoms. The third kappa shape index (κ3) is 6.29. The summed E-state index contributed by atoms with van der Waals surface area (Å²) in [6.07, 6.45) is 7.81. The first kappa shape index (κ1) is 20.8. The van der Waals surface area contributed by atoms with Crippen LogP contribution < -0.4 is 11.5 Å². The van der Waals surface area contributed by atoms with Crippen molar-refractivity contribution in [2.75, 3.05) is 32.7 Å². The van der Waals surface area contributed by atoms with Crippen LogP contribution in [0.3, 0.4) is 0 Å². The van der Waals surface area contributed by atoms with Crippen molar-refractivity contribution in [3.05, 3.63) is 59.9 Å². The zero-order chi connectivity index (χ0) is 20.5. The minimum Gasteiger partial charge on any atom is -0.370 e. The number of unbranched alkanes of at least 4 members (excludes halogenated alkanes) is 2. The van der Waals surface area contributed by atoms with E-state index < -0.39 is 0 Å². The lowest BCUT2D eigenvalue weighted by atomic mass is 10.1. The second kappa shape index (κ2) is 10.6. The highest BCUT2D eigenvalue weighted by Gasteiger charge is 2.21. The summed E-state index contributed by atoms with van der Waals surface area (Å²) in [6.45, 7) is 4.55. The number of piperazine rings is 1. The molecule has 1 fully saturated rings. The Labute approximate surface area is 172 Å². The van der Waals surface area contributed by atoms with Gasteiger partial charge in [-0.1, -0.05) is 24.6 Å². The Morgan fingerprint density at radius 2 is 1.76 bits per heavy atom. The van der Waals surface area contributed by atoms with Gasteiger partial charge < -0.3 is 16.4 Å². The van der Waals surface area contributed by atoms with E-state index in [2.05, 4.69) is 14.9 Å². The molecule has 7 nitrogen and oxygen atoms in total. The van der Waals surface area contributed by atoms with E-state index in [9.17, 15) is 4.79 Å². The molecule has 0 aliphatic carbocycles. The standard InChI is InChI=1S/C22H30N6O/c23-22(24)26-20-10-11-25-17-19(20)9-5-2-6-12-27-13-15-28(16-14-27)21(29)18-7-3-1-4-8-18/h1,3-4,7-8,10-11,17H,2,5-6,9,12-16H2,(H4,23,24,25,26). The number of aliphatic imine (C=N–C) groups is 1. The van der Waals surface area contributed by atoms with Gasteiger partial charge in [0, 0.05) is 44.1 Å². The zero-order valence-corrected chi connectivity index (χ0v) is 16.8. The first-order chi connectivity index (χ1) is 14.1. The number of amides is 1. The SMILES string of the molecule is NC(N)=Nc1ccncc1CCCCCN1CCN(C(=O)c2ccccc2)CC1. The van der Waals surface area contributed by atoms with E-state index in [0.717, 1.165) is 75.2 Å². The third-order valence-electron chi connectivity index (χ3n) is 5.23. The Balaban J connectivity index is 1.35. The maximum atomic E-state index is 12.5. The number of nitrogens with zero attached hydrogens (tertiary/aromatic N) is 4. The van der Waals surface area contributed by atoms with Crippen molar-refractivity contribution in [3.8, 4) is 0 Å². The summed E-state index contributed by atoms with van der Waals surface area (Å²) in [7, 11) is 0. The number of hydrogen-bond donors (Lipinski definition) is 2. The van der Waals surface area contributed by atoms with Crippen LogP contribution in [0.1, 0.15) is 35.2 Å². The fraction of sp³-hybridized carbons (Fsp3) is 0.409. The van der Waals surface area contributed by atoms with E-state index in [-0.39, 0.29) is 11.9 Å². The lowest BCUT2D eigenvalue weighted by Gasteiger charge is -2.34. The topological polar surface area (TPSA) is 101 Å². The minimum atomic E-state index is 0.0716. The molecule has 2 aromatic rings. The quantitative estimate of drug-likeness (QED) is 0.406. The summed E-state index contributed by atoms with van der Waals surface area (Å²) in [5.41, 5.74) is 13.6. The lowest BCUT2D eigenvalue weighted by molar-refractivity contribution is 0.0635. The molecule has 3 rings (SSSR count). The molecule has 0 atom stereocenters. The van der Waals surface area contributed by atoms with E-state index in [1.54, 1.807) is 6.20 Å². The summed E-state index contributed by atoms with van der Waals surface area (Å²) in [4.78, 5) is 25.3. The molecule has 0 radical (unpaired) electrons. The first-order valence-corrected chi connectivity index (χ1v) is 10.2. The highest BCUT2D eigenvalue weighted by atomic mass is 16.2. The highest BCUT2D eigenvalue weighted by molar-refractivity contribution is 5.94. The van der Waals surface area contributed by atoms with Gasteiger partial charge in [0.15, 0.2) is 5.96 Å². The van der Waals surface area contributed by atoms with Gasteiger partial charge >= 0.3 is 0 Å². The van der Waals surface area contributed by atoms with Gasteiger partial charge in [0.05, 0.1) is 5.69 Å². The molecule has 1 aliphatic rings. The zero-order valence-electron chi connectivity index (χ0n) is 16.8. The summed E-state index contributed by atoms with van der Waals surface area (Å²) in [6, 6.07) is 11.4. The molecule has 1 saturated heterocycles. The van der Waals surface area contributed by atoms with Crippen LogP contribution in [0.2, 0.25) is 0 Å². The molecule has 2 heterocycles. The summed E-state index contributed by atoms with van der Waals surface area (Å²) in [5, 5.41) is 0. The van der Waals surface area contributed by atoms with E-state index in [1.807, 2.05) is 47.5 Å². The molecule has 1 amide bonds. The normalized spacial score (nSPS) is 14.6. The smallest absolute Gasteiger partial charge is 0.253 e. The monoisotopic (exact) mass is 394 g/mol. The predicted molar refractivity (Wildman–Crippen MR) is 116 cm³/mol. The van der Waals surface area contributed by atoms with Gasteiger partial charge in [-0.15, -0.1) is 0 Å². The van der Waals surface area contributed by atoms with Crippen molar-refractivity contribution >= 4 is 17.6 Å². The number of rotatable bonds is 8. The van der Waals surface area contributed by atoms with Gasteiger partial charge in [-0.05, 0) is 49.6 Å². The number of guanidine groups is 1. The molecular weight excluding hydrogens is 364 g/mol. The predicted octanol–water partition coefficient (Wildman–Crippen LogP) is 2.16. The molecule has 29 heavy (non-hydrogen) atoms. The van der Waals surface area contributed by atoms with E-state index >= 15 is 0 Å². The summed E-state index contributed by atoms with van der Waals surface area (Å²) in [5.74, 6) is 0.209. The van der Waals surface area contributed by atoms with Crippen LogP contribution in [-0.2, 0) is 6.42 Å². The molecule has 7 heteroatoms. The van der Waals surface area contributed by atoms with Gasteiger partial charge in [0.2, 0.25) is 0 Å². The van der Waals surface area contributed by atoms with Crippen molar-refractivity contribution < 1.29 is 4.79 Å². The summed E-state index contributed by atoms with van der Waals surface area (Å²) < 4.78 is 0. The number of nitrogens with two attached hydrogens (primary N) is 2. The van der Waals surface area contributed by atoms with Crippen molar-refractivity contribution in [1.82, 2.24) is 14.8 Å². The minimum absolute atomic E-state index is 0.0716. The number of pyridine rings is 1. The third-order valence-corrected chi connectivity index (χ3v) is 5.23. The Morgan fingerprint density at radius 3 is 2.48 bits per heavy atom. The van der Waals surface area contributed by atoms with Crippen molar-refractivity contribution in [2.24, 2.45) is 16.5 Å². The van der Waals surface area contributed by atoms with Crippen LogP contribution in [0.25, 0.3) is 0 Å². The van der Waals surface area contributed by atoms with E-state index in [0.29, 0.717) is 0 Å². The maximum absolute atomic E-state index is 12.5. The fourth-order valence-electron chi connectivity index (χ4n) is 3.63. The second-order valence-corrected chi connectivity index (χ2v) is 7.35. The fourth-order valence-corrected chi connectivity index (χ4v) is 3.63. The average molecular weight is 395 g/mol. The molecule has 0 spiro atoms. The van der Waals surface area contributed by atoms with Crippen LogP contribution in [-0.4, -0.2) is 59.4 Å². The lowest BCUT2D eigenvalue weighted by Crippen LogP contribution is -2.48. The Morgan fingerprint density at radius 1 is 1.00 bits per heavy atom. The van der Waals surface area contributed by atoms with Gasteiger partial charge in [-0.3, -0.25) is 14.7 Å². The van der Waals surface area contributed by atoms with Crippen LogP contribution in [0, 0.1) is 0 Å². The van der Waals surface area contributed by atoms with Crippen LogP contribution in [0.5, 0.6) is 0 Å². The molecule has 154 valence electrons. The molecular formula is C22H30N6O. The Bertz CT molecular complexity index is 811. The van der Waals surface area contributed by atoms with Gasteiger partial charge in [0.25, 0.3) is 5.91 Å². The Hall–Kier alpha value is -2.93. The highest BCUT2D eigenvalue weighted by Crippen LogP contribution is 2.19. The average Bonchev–Trinajstić information content (AvgIpc) is 2.75. The van der Waals surface area contributed by atoms with Crippen molar-refractivity contribution in [3.63, 3.8) is 0 Å². The molecule has 0 saturated carbocycles. The van der Waals surface area contributed by atoms with Crippen molar-refractivity contribution in [1.29, 1.82) is 0 Å². The van der Waals surface area contributed by atoms with Gasteiger partial charge in [-0.25, -0.2) is 4.99 Å². The molecule has 0 unspecified atom stereocenters. The number of carbonyl (C=O) groups excluding carboxylic acids is 1. The number of hydrogen-bond acceptors (Lipinski definition) is 4. The molecule has 1 aliphatic heterocycles. The van der Waals surface area contributed by atoms with Gasteiger partial charge in [0.1, 0.15) is 0 Å². The van der Waals surface area contributed by atoms with Crippen LogP contribution in [0.4, 0.5) is 5.69 Å². The largest absolute Gasteiger partial charge is 0.370 e. The first-order valence-electron chi connectivity index (χ1n) is 10.2. The van der Waals surface area contributed by atoms with Crippen LogP contribution >= 0.6 is 0 Å². The number of benzene rings is 1. The van der Waals surface area contributed by atoms with Crippen LogP contribution in [0.15, 0.2) is 53.8 Å². The summed E-state index contributed by atoms with van der Waals surface area (Å²) >= 11 is 0. The number of carbonyl (C=O) groups is 1. The molecule has 1 aromatic carbocycles. The molecule has 4 N–H and O–H groups in total. The van der Waals surface area contributed by atoms with E-state index in [1.165, 1.54) is 0 Å². The molecule has 1 aromatic heterocycles. The maximum Gasteiger partial charge on any atom is 0.253 e. The Kier molecular flexibility index (Phi) is 7.58. The van der Waals surface area contributed by atoms with Gasteiger partial charge in [-0.2, -0.15) is 0 Å². The van der Waals surface area contributed by atoms with E-state index in [4.69, 9.17) is 11.5 Å². The number of aryl methyl sites for hydroxylation is 1. The number of aromatic nitrogens is 1. The van der Waals surface area contributed by atoms with Crippen molar-refractivity contribution in [2.45, 2.75) is 25.7 Å².